The van der Waals surface area contributed by atoms with Crippen molar-refractivity contribution in [2.75, 3.05) is 51.7 Å². The van der Waals surface area contributed by atoms with E-state index in [0.29, 0.717) is 6.04 Å². The summed E-state index contributed by atoms with van der Waals surface area (Å²) in [6, 6.07) is 4.89. The summed E-state index contributed by atoms with van der Waals surface area (Å²) < 4.78 is 0. The first kappa shape index (κ1) is 17.5. The fourth-order valence-corrected chi connectivity index (χ4v) is 4.37. The average molecular weight is 350 g/mol. The average Bonchev–Trinajstić information content (AvgIpc) is 3.15. The maximum absolute atomic E-state index is 4.42. The molecule has 2 saturated heterocycles. The number of guanidine groups is 1. The van der Waals surface area contributed by atoms with Crippen LogP contribution in [0, 0.1) is 5.92 Å². The zero-order chi connectivity index (χ0) is 16.8. The second kappa shape index (κ2) is 8.72. The number of aliphatic imine (C=N–C) groups is 1. The second-order valence-corrected chi connectivity index (χ2v) is 7.98. The van der Waals surface area contributed by atoms with Crippen molar-refractivity contribution in [2.24, 2.45) is 10.9 Å². The van der Waals surface area contributed by atoms with Crippen LogP contribution in [-0.2, 0) is 0 Å². The van der Waals surface area contributed by atoms with Crippen molar-refractivity contribution in [2.45, 2.75) is 31.7 Å². The van der Waals surface area contributed by atoms with Crippen LogP contribution in [0.5, 0.6) is 0 Å². The largest absolute Gasteiger partial charge is 0.363 e. The first-order valence-electron chi connectivity index (χ1n) is 9.19. The molecule has 3 rings (SSSR count). The number of nitrogens with zero attached hydrogens (tertiary/aromatic N) is 3. The fraction of sp³-hybridized carbons (Fsp3) is 0.722. The third-order valence-electron chi connectivity index (χ3n) is 5.27. The lowest BCUT2D eigenvalue weighted by Crippen LogP contribution is -2.49. The fourth-order valence-electron chi connectivity index (χ4n) is 3.59. The number of hydrogen-bond acceptors (Lipinski definition) is 4. The summed E-state index contributed by atoms with van der Waals surface area (Å²) in [5.74, 6) is 1.75. The first-order chi connectivity index (χ1) is 11.7. The van der Waals surface area contributed by atoms with E-state index in [1.807, 2.05) is 18.4 Å². The van der Waals surface area contributed by atoms with Crippen LogP contribution >= 0.6 is 11.3 Å². The Morgan fingerprint density at radius 1 is 1.21 bits per heavy atom. The number of hydrogen-bond donors (Lipinski definition) is 2. The molecule has 0 spiro atoms. The zero-order valence-corrected chi connectivity index (χ0v) is 15.8. The van der Waals surface area contributed by atoms with Crippen LogP contribution in [0.15, 0.2) is 22.5 Å². The Morgan fingerprint density at radius 3 is 2.58 bits per heavy atom. The topological polar surface area (TPSA) is 42.9 Å². The molecule has 2 fully saturated rings. The van der Waals surface area contributed by atoms with E-state index in [1.54, 1.807) is 0 Å². The quantitative estimate of drug-likeness (QED) is 0.646. The van der Waals surface area contributed by atoms with Crippen LogP contribution in [0.4, 0.5) is 5.00 Å². The number of rotatable bonds is 4. The molecule has 3 heterocycles. The van der Waals surface area contributed by atoms with Crippen molar-refractivity contribution < 1.29 is 0 Å². The molecule has 0 aliphatic carbocycles. The second-order valence-electron chi connectivity index (χ2n) is 7.06. The molecule has 0 atom stereocenters. The highest BCUT2D eigenvalue weighted by atomic mass is 32.1. The van der Waals surface area contributed by atoms with Gasteiger partial charge in [-0.1, -0.05) is 0 Å². The van der Waals surface area contributed by atoms with Crippen LogP contribution < -0.4 is 15.5 Å². The van der Waals surface area contributed by atoms with Crippen molar-refractivity contribution >= 4 is 22.3 Å². The summed E-state index contributed by atoms with van der Waals surface area (Å²) in [7, 11) is 4.09. The number of piperidine rings is 2. The summed E-state index contributed by atoms with van der Waals surface area (Å²) >= 11 is 1.84. The number of likely N-dealkylation sites (tertiary alicyclic amines) is 1. The molecule has 134 valence electrons. The molecular formula is C18H31N5S. The van der Waals surface area contributed by atoms with Crippen molar-refractivity contribution in [1.29, 1.82) is 0 Å². The van der Waals surface area contributed by atoms with Gasteiger partial charge in [-0.25, -0.2) is 0 Å². The molecule has 0 bridgehead atoms. The molecule has 0 amide bonds. The molecule has 1 aromatic rings. The minimum Gasteiger partial charge on any atom is -0.363 e. The summed E-state index contributed by atoms with van der Waals surface area (Å²) in [6.07, 6.45) is 4.93. The Balaban J connectivity index is 1.38. The standard InChI is InChI=1S/C18H31N5S/c1-19-18(20-14-15-5-9-22(2)10-6-15)21-16-7-11-23(12-8-16)17-4-3-13-24-17/h3-4,13,15-16H,5-12,14H2,1-2H3,(H2,19,20,21). The summed E-state index contributed by atoms with van der Waals surface area (Å²) in [4.78, 5) is 9.34. The zero-order valence-electron chi connectivity index (χ0n) is 15.0. The Bertz CT molecular complexity index is 499. The molecule has 1 aromatic heterocycles. The summed E-state index contributed by atoms with van der Waals surface area (Å²) in [5.41, 5.74) is 0. The van der Waals surface area contributed by atoms with E-state index in [9.17, 15) is 0 Å². The highest BCUT2D eigenvalue weighted by molar-refractivity contribution is 7.14. The van der Waals surface area contributed by atoms with Crippen molar-refractivity contribution in [1.82, 2.24) is 15.5 Å². The van der Waals surface area contributed by atoms with Gasteiger partial charge in [0.2, 0.25) is 0 Å². The first-order valence-corrected chi connectivity index (χ1v) is 10.1. The Morgan fingerprint density at radius 2 is 1.96 bits per heavy atom. The molecule has 6 heteroatoms. The van der Waals surface area contributed by atoms with E-state index < -0.39 is 0 Å². The molecule has 5 nitrogen and oxygen atoms in total. The predicted octanol–water partition coefficient (Wildman–Crippen LogP) is 2.22. The molecule has 0 unspecified atom stereocenters. The van der Waals surface area contributed by atoms with Gasteiger partial charge in [-0.3, -0.25) is 4.99 Å². The maximum Gasteiger partial charge on any atom is 0.191 e. The molecule has 0 saturated carbocycles. The van der Waals surface area contributed by atoms with Gasteiger partial charge in [0.25, 0.3) is 0 Å². The van der Waals surface area contributed by atoms with Crippen molar-refractivity contribution in [3.63, 3.8) is 0 Å². The molecule has 0 radical (unpaired) electrons. The van der Waals surface area contributed by atoms with E-state index in [-0.39, 0.29) is 0 Å². The van der Waals surface area contributed by atoms with E-state index in [4.69, 9.17) is 0 Å². The van der Waals surface area contributed by atoms with Crippen molar-refractivity contribution in [3.8, 4) is 0 Å². The van der Waals surface area contributed by atoms with Gasteiger partial charge in [-0.2, -0.15) is 0 Å². The minimum absolute atomic E-state index is 0.532. The van der Waals surface area contributed by atoms with E-state index in [1.165, 1.54) is 43.8 Å². The summed E-state index contributed by atoms with van der Waals surface area (Å²) in [5, 5.41) is 10.7. The lowest BCUT2D eigenvalue weighted by atomic mass is 9.97. The lowest BCUT2D eigenvalue weighted by molar-refractivity contribution is 0.220. The van der Waals surface area contributed by atoms with Crippen LogP contribution in [0.1, 0.15) is 25.7 Å². The van der Waals surface area contributed by atoms with Gasteiger partial charge in [-0.05, 0) is 69.3 Å². The van der Waals surface area contributed by atoms with Gasteiger partial charge in [0, 0.05) is 32.7 Å². The third-order valence-corrected chi connectivity index (χ3v) is 6.20. The Kier molecular flexibility index (Phi) is 6.37. The molecule has 0 aromatic carbocycles. The molecule has 2 aliphatic heterocycles. The van der Waals surface area contributed by atoms with Crippen molar-refractivity contribution in [3.05, 3.63) is 17.5 Å². The normalized spacial score (nSPS) is 21.9. The number of thiophene rings is 1. The molecule has 2 N–H and O–H groups in total. The highest BCUT2D eigenvalue weighted by Gasteiger charge is 2.21. The van der Waals surface area contributed by atoms with Crippen LogP contribution in [0.3, 0.4) is 0 Å². The smallest absolute Gasteiger partial charge is 0.191 e. The van der Waals surface area contributed by atoms with E-state index in [2.05, 4.69) is 50.0 Å². The highest BCUT2D eigenvalue weighted by Crippen LogP contribution is 2.24. The SMILES string of the molecule is CN=C(NCC1CCN(C)CC1)NC1CCN(c2cccs2)CC1. The number of anilines is 1. The van der Waals surface area contributed by atoms with Crippen LogP contribution in [0.2, 0.25) is 0 Å². The van der Waals surface area contributed by atoms with Gasteiger partial charge in [-0.15, -0.1) is 11.3 Å². The third kappa shape index (κ3) is 4.86. The van der Waals surface area contributed by atoms with Gasteiger partial charge >= 0.3 is 0 Å². The predicted molar refractivity (Wildman–Crippen MR) is 104 cm³/mol. The number of nitrogens with one attached hydrogen (secondary N) is 2. The van der Waals surface area contributed by atoms with Crippen LogP contribution in [-0.4, -0.2) is 63.7 Å². The lowest BCUT2D eigenvalue weighted by Gasteiger charge is -2.34. The van der Waals surface area contributed by atoms with Crippen LogP contribution in [0.25, 0.3) is 0 Å². The van der Waals surface area contributed by atoms with Gasteiger partial charge in [0.1, 0.15) is 0 Å². The molecular weight excluding hydrogens is 318 g/mol. The Labute approximate surface area is 150 Å². The minimum atomic E-state index is 0.532. The van der Waals surface area contributed by atoms with E-state index in [0.717, 1.165) is 31.5 Å². The molecule has 2 aliphatic rings. The summed E-state index contributed by atoms with van der Waals surface area (Å²) in [6.45, 7) is 5.74. The monoisotopic (exact) mass is 349 g/mol. The van der Waals surface area contributed by atoms with Gasteiger partial charge in [0.15, 0.2) is 5.96 Å². The van der Waals surface area contributed by atoms with Gasteiger partial charge < -0.3 is 20.4 Å². The Hall–Kier alpha value is -1.27. The van der Waals surface area contributed by atoms with Gasteiger partial charge in [0.05, 0.1) is 5.00 Å². The molecule has 24 heavy (non-hydrogen) atoms. The van der Waals surface area contributed by atoms with E-state index >= 15 is 0 Å². The maximum atomic E-state index is 4.42.